The fraction of sp³-hybridized carbons (Fsp3) is 0.244. The van der Waals surface area contributed by atoms with E-state index < -0.39 is 18.6 Å². The van der Waals surface area contributed by atoms with Gasteiger partial charge in [-0.15, -0.1) is 54.1 Å². The third-order valence-corrected chi connectivity index (χ3v) is 8.39. The van der Waals surface area contributed by atoms with Gasteiger partial charge in [-0.25, -0.2) is 4.98 Å². The average Bonchev–Trinajstić information content (AvgIpc) is 3.67. The normalized spacial score (nSPS) is 15.8. The number of allylic oxidation sites excluding steroid dienone is 1. The maximum absolute atomic E-state index is 8.55. The second-order valence-corrected chi connectivity index (χ2v) is 13.2. The van der Waals surface area contributed by atoms with E-state index in [-0.39, 0.29) is 37.1 Å². The molecule has 5 heterocycles. The topological polar surface area (TPSA) is 56.7 Å². The van der Waals surface area contributed by atoms with Crippen molar-refractivity contribution >= 4 is 39.2 Å². The van der Waals surface area contributed by atoms with Crippen LogP contribution in [0.15, 0.2) is 95.0 Å². The van der Waals surface area contributed by atoms with Gasteiger partial charge in [-0.1, -0.05) is 61.6 Å². The molecule has 5 nitrogen and oxygen atoms in total. The summed E-state index contributed by atoms with van der Waals surface area (Å²) in [5.41, 5.74) is 7.55. The molecule has 0 fully saturated rings. The molecule has 1 radical (unpaired) electrons. The van der Waals surface area contributed by atoms with Crippen LogP contribution in [-0.2, 0) is 32.0 Å². The minimum absolute atomic E-state index is 0. The third-order valence-electron chi connectivity index (χ3n) is 8.39. The molecule has 8 rings (SSSR count). The minimum atomic E-state index is -2.32. The first kappa shape index (κ1) is 26.7. The zero-order valence-electron chi connectivity index (χ0n) is 32.2. The Kier molecular flexibility index (Phi) is 7.00. The van der Waals surface area contributed by atoms with E-state index in [1.54, 1.807) is 30.5 Å². The number of aryl methyl sites for hydroxylation is 1. The van der Waals surface area contributed by atoms with Gasteiger partial charge in [-0.3, -0.25) is 4.98 Å². The van der Waals surface area contributed by atoms with Gasteiger partial charge in [0.1, 0.15) is 0 Å². The van der Waals surface area contributed by atoms with Crippen LogP contribution in [0.5, 0.6) is 0 Å². The third kappa shape index (κ3) is 6.08. The number of pyridine rings is 2. The Morgan fingerprint density at radius 2 is 1.81 bits per heavy atom. The van der Waals surface area contributed by atoms with E-state index in [0.29, 0.717) is 27.8 Å². The van der Waals surface area contributed by atoms with E-state index in [9.17, 15) is 0 Å². The fourth-order valence-corrected chi connectivity index (χ4v) is 6.00. The first-order valence-electron chi connectivity index (χ1n) is 17.9. The van der Waals surface area contributed by atoms with Crippen LogP contribution < -0.4 is 0 Å². The standard InChI is InChI=1S/C22H21N2O.C19H17N2.Ir/c1-14-8-9-17-16-6-5-7-18(20(16)25-21(17)24-14)19-12-15(10-11-23-19)13-22(2,3)4;1-13-12-15-10-7-11-16-17(15)21(19(13,2)3)18(20-16)14-8-5-4-6-9-14;/h5-6,8-12H,13H2,1-4H3;4-8,10-12H,1-3H3;/q2*-1;/i1D3,13D2;;. The quantitative estimate of drug-likeness (QED) is 0.167. The first-order valence-corrected chi connectivity index (χ1v) is 15.4. The van der Waals surface area contributed by atoms with Crippen LogP contribution in [0.4, 0.5) is 0 Å². The molecular formula is C41H38IrN4O-2. The van der Waals surface area contributed by atoms with Gasteiger partial charge >= 0.3 is 0 Å². The van der Waals surface area contributed by atoms with Crippen molar-refractivity contribution in [2.75, 3.05) is 0 Å². The Balaban J connectivity index is 0.000000185. The van der Waals surface area contributed by atoms with E-state index in [1.165, 1.54) is 22.7 Å². The van der Waals surface area contributed by atoms with Crippen LogP contribution >= 0.6 is 0 Å². The maximum atomic E-state index is 8.55. The summed E-state index contributed by atoms with van der Waals surface area (Å²) in [5, 5.41) is 1.48. The van der Waals surface area contributed by atoms with Gasteiger partial charge in [0, 0.05) is 44.2 Å². The Labute approximate surface area is 297 Å². The second-order valence-electron chi connectivity index (χ2n) is 13.2. The van der Waals surface area contributed by atoms with Gasteiger partial charge in [-0.2, -0.15) is 0 Å². The van der Waals surface area contributed by atoms with Crippen molar-refractivity contribution in [3.05, 3.63) is 120 Å². The number of fused-ring (bicyclic) bond motifs is 3. The van der Waals surface area contributed by atoms with Crippen LogP contribution in [0, 0.1) is 24.4 Å². The number of benzene rings is 3. The number of imidazole rings is 1. The molecule has 47 heavy (non-hydrogen) atoms. The summed E-state index contributed by atoms with van der Waals surface area (Å²) in [7, 11) is 0. The summed E-state index contributed by atoms with van der Waals surface area (Å²) in [6.45, 7) is 9.94. The average molecular weight is 800 g/mol. The molecule has 0 saturated carbocycles. The maximum Gasteiger partial charge on any atom is 0.216 e. The van der Waals surface area contributed by atoms with Crippen LogP contribution in [0.3, 0.4) is 0 Å². The Hall–Kier alpha value is -4.38. The summed E-state index contributed by atoms with van der Waals surface area (Å²) in [4.78, 5) is 13.5. The molecule has 0 saturated heterocycles. The van der Waals surface area contributed by atoms with Gasteiger partial charge in [0.05, 0.1) is 28.0 Å². The van der Waals surface area contributed by atoms with E-state index in [4.69, 9.17) is 16.3 Å². The molecule has 1 aliphatic rings. The Morgan fingerprint density at radius 1 is 0.957 bits per heavy atom. The van der Waals surface area contributed by atoms with E-state index >= 15 is 0 Å². The zero-order valence-corrected chi connectivity index (χ0v) is 29.6. The van der Waals surface area contributed by atoms with Crippen LogP contribution in [0.1, 0.15) is 65.2 Å². The molecular weight excluding hydrogens is 757 g/mol. The molecule has 1 aliphatic heterocycles. The van der Waals surface area contributed by atoms with Gasteiger partial charge in [0.15, 0.2) is 0 Å². The Bertz CT molecular complexity index is 2470. The van der Waals surface area contributed by atoms with E-state index in [0.717, 1.165) is 22.3 Å². The van der Waals surface area contributed by atoms with Gasteiger partial charge in [0.25, 0.3) is 0 Å². The van der Waals surface area contributed by atoms with Gasteiger partial charge < -0.3 is 14.0 Å². The second kappa shape index (κ2) is 12.3. The van der Waals surface area contributed by atoms with Crippen molar-refractivity contribution in [1.29, 1.82) is 0 Å². The monoisotopic (exact) mass is 800 g/mol. The molecule has 4 aromatic heterocycles. The Morgan fingerprint density at radius 3 is 2.57 bits per heavy atom. The number of nitrogens with zero attached hydrogens (tertiary/aromatic N) is 4. The predicted octanol–water partition coefficient (Wildman–Crippen LogP) is 10.4. The van der Waals surface area contributed by atoms with Crippen LogP contribution in [0.2, 0.25) is 0 Å². The summed E-state index contributed by atoms with van der Waals surface area (Å²) in [6.07, 6.45) is 2.29. The van der Waals surface area contributed by atoms with Crippen molar-refractivity contribution in [1.82, 2.24) is 19.5 Å². The van der Waals surface area contributed by atoms with Crippen molar-refractivity contribution < 1.29 is 31.4 Å². The van der Waals surface area contributed by atoms with E-state index in [1.807, 2.05) is 45.0 Å². The summed E-state index contributed by atoms with van der Waals surface area (Å²) < 4.78 is 48.1. The van der Waals surface area contributed by atoms with Gasteiger partial charge in [0.2, 0.25) is 5.71 Å². The predicted molar refractivity (Wildman–Crippen MR) is 188 cm³/mol. The van der Waals surface area contributed by atoms with Crippen molar-refractivity contribution in [2.45, 2.75) is 60.3 Å². The van der Waals surface area contributed by atoms with Crippen molar-refractivity contribution in [3.63, 3.8) is 0 Å². The molecule has 0 atom stereocenters. The van der Waals surface area contributed by atoms with Crippen LogP contribution in [-0.4, -0.2) is 19.5 Å². The van der Waals surface area contributed by atoms with E-state index in [2.05, 4.69) is 77.8 Å². The fourth-order valence-electron chi connectivity index (χ4n) is 6.00. The number of para-hydroxylation sites is 1. The summed E-state index contributed by atoms with van der Waals surface area (Å²) >= 11 is 0. The molecule has 3 aromatic carbocycles. The largest absolute Gasteiger partial charge is 0.486 e. The molecule has 7 aromatic rings. The molecule has 0 N–H and O–H groups in total. The number of hydrogen-bond donors (Lipinski definition) is 0. The van der Waals surface area contributed by atoms with Crippen molar-refractivity contribution in [3.8, 4) is 22.6 Å². The molecule has 0 aliphatic carbocycles. The number of rotatable bonds is 3. The molecule has 239 valence electrons. The number of furan rings is 1. The number of hydrogen-bond acceptors (Lipinski definition) is 4. The van der Waals surface area contributed by atoms with Gasteiger partial charge in [-0.05, 0) is 80.5 Å². The molecule has 0 amide bonds. The smallest absolute Gasteiger partial charge is 0.216 e. The summed E-state index contributed by atoms with van der Waals surface area (Å²) in [5.74, 6) is 0.996. The molecule has 6 heteroatoms. The molecule has 0 spiro atoms. The zero-order chi connectivity index (χ0) is 36.5. The minimum Gasteiger partial charge on any atom is -0.486 e. The number of aromatic nitrogens is 4. The van der Waals surface area contributed by atoms with Crippen molar-refractivity contribution in [2.24, 2.45) is 5.41 Å². The molecule has 0 bridgehead atoms. The molecule has 0 unspecified atom stereocenters. The SMILES string of the molecule is CC1=Cc2cccc3nc(-c4[c-]cccc4)n(c23)C1(C)C.[2H]C([2H])([2H])c1ccc2c(n1)oc1c(-c3cc(C([2H])([2H])C(C)(C)C)ccn3)[c-]ccc12.[Ir]. The first-order chi connectivity index (χ1) is 24.0. The van der Waals surface area contributed by atoms with Crippen LogP contribution in [0.25, 0.3) is 61.8 Å². The summed E-state index contributed by atoms with van der Waals surface area (Å²) in [6, 6.07) is 31.0.